The quantitative estimate of drug-likeness (QED) is 0.823. The van der Waals surface area contributed by atoms with Crippen molar-refractivity contribution in [2.24, 2.45) is 0 Å². The molecule has 6 nitrogen and oxygen atoms in total. The molecule has 0 spiro atoms. The van der Waals surface area contributed by atoms with Gasteiger partial charge in [-0.2, -0.15) is 0 Å². The van der Waals surface area contributed by atoms with Crippen LogP contribution in [0.1, 0.15) is 12.8 Å². The molecule has 6 heteroatoms. The highest BCUT2D eigenvalue weighted by Crippen LogP contribution is 2.22. The van der Waals surface area contributed by atoms with Crippen molar-refractivity contribution in [2.75, 3.05) is 13.2 Å². The van der Waals surface area contributed by atoms with Crippen molar-refractivity contribution in [3.8, 4) is 17.6 Å². The maximum absolute atomic E-state index is 11.8. The first-order chi connectivity index (χ1) is 11.7. The number of nitrogens with zero attached hydrogens (tertiary/aromatic N) is 1. The Bertz CT molecular complexity index is 818. The van der Waals surface area contributed by atoms with Crippen LogP contribution in [-0.2, 0) is 9.59 Å². The number of fused-ring (bicyclic) bond motifs is 1. The van der Waals surface area contributed by atoms with Crippen LogP contribution in [0.5, 0.6) is 5.75 Å². The van der Waals surface area contributed by atoms with E-state index < -0.39 is 6.04 Å². The molecule has 3 rings (SSSR count). The third-order valence-corrected chi connectivity index (χ3v) is 3.68. The number of carbonyl (C=O) groups excluding carboxylic acids is 2. The molecular weight excluding hydrogens is 306 g/mol. The lowest BCUT2D eigenvalue weighted by Gasteiger charge is -2.08. The second kappa shape index (κ2) is 7.47. The zero-order valence-corrected chi connectivity index (χ0v) is 13.0. The van der Waals surface area contributed by atoms with Gasteiger partial charge in [0.25, 0.3) is 0 Å². The van der Waals surface area contributed by atoms with Crippen molar-refractivity contribution in [1.82, 2.24) is 15.6 Å². The molecule has 24 heavy (non-hydrogen) atoms. The van der Waals surface area contributed by atoms with Crippen molar-refractivity contribution in [1.29, 1.82) is 0 Å². The van der Waals surface area contributed by atoms with E-state index in [1.165, 1.54) is 0 Å². The lowest BCUT2D eigenvalue weighted by molar-refractivity contribution is -0.125. The number of hydrogen-bond acceptors (Lipinski definition) is 4. The fraction of sp³-hybridized carbons (Fsp3) is 0.278. The summed E-state index contributed by atoms with van der Waals surface area (Å²) in [4.78, 5) is 27.1. The molecule has 2 aromatic rings. The standard InChI is InChI=1S/C18H17N3O3/c22-16-9-8-14(21-16)18(23)20-10-1-2-12-24-15-7-3-5-13-6-4-11-19-17(13)15/h3-7,11,14H,8-10,12H2,(H,20,23)(H,21,22). The molecule has 2 N–H and O–H groups in total. The third kappa shape index (κ3) is 3.82. The van der Waals surface area contributed by atoms with Gasteiger partial charge in [0.1, 0.15) is 23.9 Å². The molecule has 2 amide bonds. The van der Waals surface area contributed by atoms with E-state index in [4.69, 9.17) is 4.74 Å². The van der Waals surface area contributed by atoms with Crippen molar-refractivity contribution in [2.45, 2.75) is 18.9 Å². The van der Waals surface area contributed by atoms with Crippen molar-refractivity contribution >= 4 is 22.7 Å². The van der Waals surface area contributed by atoms with Crippen molar-refractivity contribution in [3.63, 3.8) is 0 Å². The largest absolute Gasteiger partial charge is 0.479 e. The number of pyridine rings is 1. The zero-order valence-electron chi connectivity index (χ0n) is 13.0. The summed E-state index contributed by atoms with van der Waals surface area (Å²) >= 11 is 0. The number of aromatic nitrogens is 1. The number of nitrogens with one attached hydrogen (secondary N) is 2. The second-order valence-electron chi connectivity index (χ2n) is 5.35. The van der Waals surface area contributed by atoms with Crippen LogP contribution in [0.3, 0.4) is 0 Å². The van der Waals surface area contributed by atoms with Crippen LogP contribution in [0.2, 0.25) is 0 Å². The predicted octanol–water partition coefficient (Wildman–Crippen LogP) is 1.01. The van der Waals surface area contributed by atoms with E-state index in [-0.39, 0.29) is 25.0 Å². The molecule has 1 atom stereocenters. The van der Waals surface area contributed by atoms with E-state index in [0.717, 1.165) is 10.9 Å². The summed E-state index contributed by atoms with van der Waals surface area (Å²) in [6.45, 7) is 0.439. The summed E-state index contributed by atoms with van der Waals surface area (Å²) in [5.74, 6) is 6.08. The highest BCUT2D eigenvalue weighted by atomic mass is 16.5. The minimum Gasteiger partial charge on any atom is -0.479 e. The second-order valence-corrected chi connectivity index (χ2v) is 5.35. The summed E-state index contributed by atoms with van der Waals surface area (Å²) in [7, 11) is 0. The van der Waals surface area contributed by atoms with E-state index in [2.05, 4.69) is 27.5 Å². The van der Waals surface area contributed by atoms with Crippen LogP contribution >= 0.6 is 0 Å². The monoisotopic (exact) mass is 323 g/mol. The van der Waals surface area contributed by atoms with E-state index >= 15 is 0 Å². The number of ether oxygens (including phenoxy) is 1. The van der Waals surface area contributed by atoms with Crippen LogP contribution in [-0.4, -0.2) is 36.0 Å². The van der Waals surface area contributed by atoms with Gasteiger partial charge in [0.05, 0.1) is 6.54 Å². The molecular formula is C18H17N3O3. The van der Waals surface area contributed by atoms with Gasteiger partial charge < -0.3 is 15.4 Å². The molecule has 1 saturated heterocycles. The molecule has 0 radical (unpaired) electrons. The molecule has 0 saturated carbocycles. The van der Waals surface area contributed by atoms with Gasteiger partial charge in [-0.25, -0.2) is 0 Å². The topological polar surface area (TPSA) is 80.3 Å². The minimum absolute atomic E-state index is 0.0849. The fourth-order valence-corrected chi connectivity index (χ4v) is 2.49. The van der Waals surface area contributed by atoms with E-state index in [9.17, 15) is 9.59 Å². The number of rotatable bonds is 4. The third-order valence-electron chi connectivity index (χ3n) is 3.68. The number of benzene rings is 1. The van der Waals surface area contributed by atoms with Gasteiger partial charge in [0, 0.05) is 18.0 Å². The van der Waals surface area contributed by atoms with Crippen LogP contribution in [0.4, 0.5) is 0 Å². The Labute approximate surface area is 139 Å². The Kier molecular flexibility index (Phi) is 4.92. The van der Waals surface area contributed by atoms with Gasteiger partial charge in [-0.15, -0.1) is 0 Å². The summed E-state index contributed by atoms with van der Waals surface area (Å²) in [5, 5.41) is 6.30. The molecule has 1 fully saturated rings. The van der Waals surface area contributed by atoms with Crippen LogP contribution < -0.4 is 15.4 Å². The Morgan fingerprint density at radius 2 is 2.21 bits per heavy atom. The maximum Gasteiger partial charge on any atom is 0.243 e. The number of hydrogen-bond donors (Lipinski definition) is 2. The van der Waals surface area contributed by atoms with E-state index in [1.807, 2.05) is 30.3 Å². The van der Waals surface area contributed by atoms with Gasteiger partial charge in [0.15, 0.2) is 0 Å². The summed E-state index contributed by atoms with van der Waals surface area (Å²) in [6.07, 6.45) is 2.66. The first-order valence-corrected chi connectivity index (χ1v) is 7.73. The van der Waals surface area contributed by atoms with Gasteiger partial charge in [-0.05, 0) is 18.6 Å². The zero-order chi connectivity index (χ0) is 16.8. The molecule has 0 aliphatic carbocycles. The average Bonchev–Trinajstić information content (AvgIpc) is 3.04. The van der Waals surface area contributed by atoms with E-state index in [1.54, 1.807) is 6.20 Å². The first-order valence-electron chi connectivity index (χ1n) is 7.73. The van der Waals surface area contributed by atoms with Gasteiger partial charge >= 0.3 is 0 Å². The summed E-state index contributed by atoms with van der Waals surface area (Å²) in [6, 6.07) is 9.14. The normalized spacial score (nSPS) is 16.2. The Morgan fingerprint density at radius 1 is 1.33 bits per heavy atom. The lowest BCUT2D eigenvalue weighted by atomic mass is 10.2. The molecule has 1 aliphatic heterocycles. The lowest BCUT2D eigenvalue weighted by Crippen LogP contribution is -2.41. The minimum atomic E-state index is -0.433. The average molecular weight is 323 g/mol. The predicted molar refractivity (Wildman–Crippen MR) is 89.2 cm³/mol. The highest BCUT2D eigenvalue weighted by Gasteiger charge is 2.26. The Morgan fingerprint density at radius 3 is 3.04 bits per heavy atom. The highest BCUT2D eigenvalue weighted by molar-refractivity contribution is 5.90. The maximum atomic E-state index is 11.8. The van der Waals surface area contributed by atoms with E-state index in [0.29, 0.717) is 18.6 Å². The fourth-order valence-electron chi connectivity index (χ4n) is 2.49. The van der Waals surface area contributed by atoms with Gasteiger partial charge in [0.2, 0.25) is 11.8 Å². The summed E-state index contributed by atoms with van der Waals surface area (Å²) < 4.78 is 5.63. The van der Waals surface area contributed by atoms with Crippen LogP contribution in [0, 0.1) is 11.8 Å². The van der Waals surface area contributed by atoms with Crippen LogP contribution in [0.15, 0.2) is 36.5 Å². The van der Waals surface area contributed by atoms with Crippen molar-refractivity contribution in [3.05, 3.63) is 36.5 Å². The molecule has 0 bridgehead atoms. The SMILES string of the molecule is O=C1CCC(C(=O)NCC#CCOc2cccc3cccnc23)N1. The smallest absolute Gasteiger partial charge is 0.243 e. The molecule has 1 aromatic carbocycles. The van der Waals surface area contributed by atoms with Crippen LogP contribution in [0.25, 0.3) is 10.9 Å². The molecule has 1 aromatic heterocycles. The molecule has 1 unspecified atom stereocenters. The van der Waals surface area contributed by atoms with Crippen molar-refractivity contribution < 1.29 is 14.3 Å². The number of para-hydroxylation sites is 1. The summed E-state index contributed by atoms with van der Waals surface area (Å²) in [5.41, 5.74) is 0.798. The first kappa shape index (κ1) is 15.8. The molecule has 122 valence electrons. The van der Waals surface area contributed by atoms with Gasteiger partial charge in [-0.1, -0.05) is 30.0 Å². The molecule has 1 aliphatic rings. The number of amides is 2. The Hall–Kier alpha value is -3.07. The Balaban J connectivity index is 1.46. The molecule has 2 heterocycles. The van der Waals surface area contributed by atoms with Gasteiger partial charge in [-0.3, -0.25) is 14.6 Å². The number of carbonyl (C=O) groups is 2.